The summed E-state index contributed by atoms with van der Waals surface area (Å²) in [5, 5.41) is 3.03. The maximum absolute atomic E-state index is 12.3. The molecule has 2 rings (SSSR count). The fourth-order valence-corrected chi connectivity index (χ4v) is 3.66. The van der Waals surface area contributed by atoms with Gasteiger partial charge in [-0.2, -0.15) is 0 Å². The van der Waals surface area contributed by atoms with Crippen LogP contribution in [-0.4, -0.2) is 21.5 Å². The highest BCUT2D eigenvalue weighted by Gasteiger charge is 2.25. The zero-order valence-corrected chi connectivity index (χ0v) is 11.7. The van der Waals surface area contributed by atoms with Gasteiger partial charge in [-0.3, -0.25) is 0 Å². The third-order valence-electron chi connectivity index (χ3n) is 3.35. The molecule has 2 N–H and O–H groups in total. The van der Waals surface area contributed by atoms with Gasteiger partial charge in [0.2, 0.25) is 10.0 Å². The molecule has 0 radical (unpaired) electrons. The van der Waals surface area contributed by atoms with E-state index in [2.05, 4.69) is 10.0 Å². The van der Waals surface area contributed by atoms with E-state index >= 15 is 0 Å². The molecule has 1 fully saturated rings. The first-order valence-electron chi connectivity index (χ1n) is 6.29. The van der Waals surface area contributed by atoms with Crippen LogP contribution in [0.2, 0.25) is 0 Å². The van der Waals surface area contributed by atoms with E-state index in [1.165, 1.54) is 0 Å². The lowest BCUT2D eigenvalue weighted by atomic mass is 9.94. The van der Waals surface area contributed by atoms with E-state index < -0.39 is 10.0 Å². The van der Waals surface area contributed by atoms with E-state index in [0.717, 1.165) is 30.4 Å². The van der Waals surface area contributed by atoms with Gasteiger partial charge in [-0.25, -0.2) is 13.1 Å². The van der Waals surface area contributed by atoms with Crippen molar-refractivity contribution < 1.29 is 8.42 Å². The Bertz CT molecular complexity index is 522. The van der Waals surface area contributed by atoms with Gasteiger partial charge in [-0.05, 0) is 44.0 Å². The van der Waals surface area contributed by atoms with E-state index in [1.807, 2.05) is 26.1 Å². The van der Waals surface area contributed by atoms with Crippen molar-refractivity contribution in [2.45, 2.75) is 43.7 Å². The molecule has 0 heterocycles. The Balaban J connectivity index is 2.26. The van der Waals surface area contributed by atoms with Crippen LogP contribution in [0.25, 0.3) is 0 Å². The lowest BCUT2D eigenvalue weighted by Gasteiger charge is -2.26. The largest absolute Gasteiger partial charge is 0.316 e. The number of rotatable bonds is 5. The maximum Gasteiger partial charge on any atom is 0.241 e. The number of hydrogen-bond acceptors (Lipinski definition) is 3. The molecule has 4 nitrogen and oxygen atoms in total. The Labute approximate surface area is 109 Å². The van der Waals surface area contributed by atoms with Gasteiger partial charge in [0.05, 0.1) is 4.90 Å². The van der Waals surface area contributed by atoms with Gasteiger partial charge in [0.1, 0.15) is 0 Å². The van der Waals surface area contributed by atoms with Crippen molar-refractivity contribution in [1.82, 2.24) is 10.0 Å². The monoisotopic (exact) mass is 268 g/mol. The molecule has 18 heavy (non-hydrogen) atoms. The summed E-state index contributed by atoms with van der Waals surface area (Å²) in [5.74, 6) is 0. The van der Waals surface area contributed by atoms with Crippen LogP contribution in [-0.2, 0) is 16.6 Å². The van der Waals surface area contributed by atoms with Gasteiger partial charge in [0.25, 0.3) is 0 Å². The summed E-state index contributed by atoms with van der Waals surface area (Å²) in [4.78, 5) is 0.405. The molecule has 0 saturated heterocycles. The quantitative estimate of drug-likeness (QED) is 0.852. The smallest absolute Gasteiger partial charge is 0.241 e. The number of hydrogen-bond donors (Lipinski definition) is 2. The predicted octanol–water partition coefficient (Wildman–Crippen LogP) is 1.55. The van der Waals surface area contributed by atoms with Gasteiger partial charge in [0.15, 0.2) is 0 Å². The standard InChI is InChI=1S/C13H20N2O2S/c1-10-6-7-11(9-14-2)8-13(10)18(16,17)15-12-4-3-5-12/h6-8,12,14-15H,3-5,9H2,1-2H3. The summed E-state index contributed by atoms with van der Waals surface area (Å²) in [6.45, 7) is 2.50. The van der Waals surface area contributed by atoms with E-state index in [1.54, 1.807) is 6.07 Å². The second-order valence-electron chi connectivity index (χ2n) is 4.88. The normalized spacial score (nSPS) is 16.6. The van der Waals surface area contributed by atoms with Crippen LogP contribution in [0.5, 0.6) is 0 Å². The second-order valence-corrected chi connectivity index (χ2v) is 6.56. The Hall–Kier alpha value is -0.910. The molecule has 1 aromatic rings. The second kappa shape index (κ2) is 5.38. The van der Waals surface area contributed by atoms with Crippen LogP contribution in [0.1, 0.15) is 30.4 Å². The molecule has 1 saturated carbocycles. The summed E-state index contributed by atoms with van der Waals surface area (Å²) in [5.41, 5.74) is 1.78. The average molecular weight is 268 g/mol. The van der Waals surface area contributed by atoms with Crippen LogP contribution in [0, 0.1) is 6.92 Å². The van der Waals surface area contributed by atoms with E-state index in [9.17, 15) is 8.42 Å². The van der Waals surface area contributed by atoms with Crippen molar-refractivity contribution in [3.8, 4) is 0 Å². The van der Waals surface area contributed by atoms with E-state index in [0.29, 0.717) is 11.4 Å². The van der Waals surface area contributed by atoms with Crippen LogP contribution in [0.3, 0.4) is 0 Å². The van der Waals surface area contributed by atoms with Gasteiger partial charge in [0, 0.05) is 12.6 Å². The first-order valence-corrected chi connectivity index (χ1v) is 7.78. The van der Waals surface area contributed by atoms with Crippen molar-refractivity contribution >= 4 is 10.0 Å². The molecule has 0 aromatic heterocycles. The van der Waals surface area contributed by atoms with Crippen molar-refractivity contribution in [2.75, 3.05) is 7.05 Å². The lowest BCUT2D eigenvalue weighted by molar-refractivity contribution is 0.383. The van der Waals surface area contributed by atoms with Crippen LogP contribution >= 0.6 is 0 Å². The lowest BCUT2D eigenvalue weighted by Crippen LogP contribution is -2.39. The zero-order chi connectivity index (χ0) is 13.2. The van der Waals surface area contributed by atoms with Crippen LogP contribution < -0.4 is 10.0 Å². The minimum atomic E-state index is -3.37. The van der Waals surface area contributed by atoms with Crippen molar-refractivity contribution in [2.24, 2.45) is 0 Å². The molecular formula is C13H20N2O2S. The van der Waals surface area contributed by atoms with Crippen molar-refractivity contribution in [3.05, 3.63) is 29.3 Å². The SMILES string of the molecule is CNCc1ccc(C)c(S(=O)(=O)NC2CCC2)c1. The molecule has 1 aliphatic rings. The van der Waals surface area contributed by atoms with Crippen molar-refractivity contribution in [1.29, 1.82) is 0 Å². The maximum atomic E-state index is 12.3. The molecule has 0 unspecified atom stereocenters. The minimum Gasteiger partial charge on any atom is -0.316 e. The summed E-state index contributed by atoms with van der Waals surface area (Å²) in [7, 11) is -1.52. The first kappa shape index (κ1) is 13.5. The zero-order valence-electron chi connectivity index (χ0n) is 10.9. The first-order chi connectivity index (χ1) is 8.53. The van der Waals surface area contributed by atoms with Gasteiger partial charge in [-0.1, -0.05) is 18.6 Å². The number of sulfonamides is 1. The highest BCUT2D eigenvalue weighted by Crippen LogP contribution is 2.23. The third-order valence-corrected chi connectivity index (χ3v) is 5.01. The third kappa shape index (κ3) is 2.91. The summed E-state index contributed by atoms with van der Waals surface area (Å²) >= 11 is 0. The molecule has 1 aromatic carbocycles. The molecule has 0 amide bonds. The Kier molecular flexibility index (Phi) is 4.04. The molecule has 0 aliphatic heterocycles. The molecule has 0 bridgehead atoms. The molecule has 0 atom stereocenters. The number of nitrogens with one attached hydrogen (secondary N) is 2. The Morgan fingerprint density at radius 1 is 1.33 bits per heavy atom. The molecule has 1 aliphatic carbocycles. The fraction of sp³-hybridized carbons (Fsp3) is 0.538. The van der Waals surface area contributed by atoms with Crippen molar-refractivity contribution in [3.63, 3.8) is 0 Å². The van der Waals surface area contributed by atoms with Gasteiger partial charge < -0.3 is 5.32 Å². The highest BCUT2D eigenvalue weighted by atomic mass is 32.2. The van der Waals surface area contributed by atoms with E-state index in [-0.39, 0.29) is 6.04 Å². The fourth-order valence-electron chi connectivity index (χ4n) is 2.06. The van der Waals surface area contributed by atoms with E-state index in [4.69, 9.17) is 0 Å². The molecular weight excluding hydrogens is 248 g/mol. The topological polar surface area (TPSA) is 58.2 Å². The molecule has 0 spiro atoms. The molecule has 5 heteroatoms. The Morgan fingerprint density at radius 2 is 2.06 bits per heavy atom. The van der Waals surface area contributed by atoms with Gasteiger partial charge >= 0.3 is 0 Å². The van der Waals surface area contributed by atoms with Crippen LogP contribution in [0.4, 0.5) is 0 Å². The summed E-state index contributed by atoms with van der Waals surface area (Å²) in [6.07, 6.45) is 3.02. The minimum absolute atomic E-state index is 0.127. The van der Waals surface area contributed by atoms with Gasteiger partial charge in [-0.15, -0.1) is 0 Å². The molecule has 100 valence electrons. The summed E-state index contributed by atoms with van der Waals surface area (Å²) in [6, 6.07) is 5.70. The summed E-state index contributed by atoms with van der Waals surface area (Å²) < 4.78 is 27.3. The highest BCUT2D eigenvalue weighted by molar-refractivity contribution is 7.89. The Morgan fingerprint density at radius 3 is 2.61 bits per heavy atom. The van der Waals surface area contributed by atoms with Crippen LogP contribution in [0.15, 0.2) is 23.1 Å². The average Bonchev–Trinajstić information content (AvgIpc) is 2.27. The number of aryl methyl sites for hydroxylation is 1. The number of benzene rings is 1. The predicted molar refractivity (Wildman–Crippen MR) is 71.9 cm³/mol.